The molecule has 0 amide bonds. The second-order valence-corrected chi connectivity index (χ2v) is 5.38. The summed E-state index contributed by atoms with van der Waals surface area (Å²) in [5, 5.41) is 13.3. The third kappa shape index (κ3) is 4.15. The molecule has 0 radical (unpaired) electrons. The Bertz CT molecular complexity index is 929. The Morgan fingerprint density at radius 2 is 1.69 bits per heavy atom. The second kappa shape index (κ2) is 7.64. The van der Waals surface area contributed by atoms with Crippen LogP contribution in [0.1, 0.15) is 11.1 Å². The van der Waals surface area contributed by atoms with E-state index in [1.54, 1.807) is 6.07 Å². The molecule has 2 aromatic heterocycles. The monoisotopic (exact) mass is 357 g/mol. The molecule has 0 bridgehead atoms. The van der Waals surface area contributed by atoms with Crippen molar-refractivity contribution < 1.29 is 13.2 Å². The van der Waals surface area contributed by atoms with Gasteiger partial charge in [-0.1, -0.05) is 0 Å². The third-order valence-electron chi connectivity index (χ3n) is 3.55. The van der Waals surface area contributed by atoms with Crippen LogP contribution < -0.4 is 10.6 Å². The molecule has 2 heterocycles. The maximum absolute atomic E-state index is 13.7. The van der Waals surface area contributed by atoms with Crippen molar-refractivity contribution >= 4 is 23.5 Å². The molecule has 5 nitrogen and oxygen atoms in total. The standard InChI is InChI=1S/C18H14F3N5/c19-13-1-3-15(21)11(5-13)8-23-16-6-18(24-9-12(16)7-22)26-17-4-2-14(20)10-25-17/h1-7,9-10,22H,8H2,(H2,23,24,25,26). The minimum Gasteiger partial charge on any atom is -0.380 e. The number of pyridine rings is 2. The van der Waals surface area contributed by atoms with Crippen molar-refractivity contribution in [3.8, 4) is 0 Å². The Balaban J connectivity index is 1.80. The van der Waals surface area contributed by atoms with Gasteiger partial charge in [-0.15, -0.1) is 0 Å². The van der Waals surface area contributed by atoms with Gasteiger partial charge in [-0.25, -0.2) is 23.1 Å². The van der Waals surface area contributed by atoms with Crippen LogP contribution in [-0.4, -0.2) is 16.2 Å². The molecule has 3 N–H and O–H groups in total. The third-order valence-corrected chi connectivity index (χ3v) is 3.55. The summed E-state index contributed by atoms with van der Waals surface area (Å²) in [6, 6.07) is 7.53. The zero-order valence-electron chi connectivity index (χ0n) is 13.4. The Kier molecular flexibility index (Phi) is 5.12. The van der Waals surface area contributed by atoms with Crippen LogP contribution in [0.2, 0.25) is 0 Å². The molecule has 0 unspecified atom stereocenters. The van der Waals surface area contributed by atoms with Crippen LogP contribution in [-0.2, 0) is 6.54 Å². The van der Waals surface area contributed by atoms with E-state index in [1.165, 1.54) is 18.3 Å². The second-order valence-electron chi connectivity index (χ2n) is 5.38. The lowest BCUT2D eigenvalue weighted by Crippen LogP contribution is -2.06. The van der Waals surface area contributed by atoms with E-state index in [-0.39, 0.29) is 12.1 Å². The number of aromatic nitrogens is 2. The van der Waals surface area contributed by atoms with Crippen LogP contribution in [0.5, 0.6) is 0 Å². The lowest BCUT2D eigenvalue weighted by Gasteiger charge is -2.12. The van der Waals surface area contributed by atoms with Crippen molar-refractivity contribution in [1.82, 2.24) is 9.97 Å². The van der Waals surface area contributed by atoms with Gasteiger partial charge in [0, 0.05) is 41.8 Å². The number of halogens is 3. The largest absolute Gasteiger partial charge is 0.380 e. The van der Waals surface area contributed by atoms with Crippen LogP contribution in [0.25, 0.3) is 0 Å². The number of nitrogens with zero attached hydrogens (tertiary/aromatic N) is 2. The molecular formula is C18H14F3N5. The molecule has 3 rings (SSSR count). The molecule has 0 saturated carbocycles. The molecule has 0 aliphatic rings. The first-order valence-corrected chi connectivity index (χ1v) is 7.62. The summed E-state index contributed by atoms with van der Waals surface area (Å²) >= 11 is 0. The Hall–Kier alpha value is -3.42. The van der Waals surface area contributed by atoms with Gasteiger partial charge >= 0.3 is 0 Å². The molecule has 0 spiro atoms. The van der Waals surface area contributed by atoms with E-state index in [1.807, 2.05) is 0 Å². The first kappa shape index (κ1) is 17.4. The van der Waals surface area contributed by atoms with Gasteiger partial charge < -0.3 is 16.0 Å². The lowest BCUT2D eigenvalue weighted by atomic mass is 10.2. The van der Waals surface area contributed by atoms with Crippen molar-refractivity contribution in [1.29, 1.82) is 5.41 Å². The van der Waals surface area contributed by atoms with Crippen LogP contribution in [0.15, 0.2) is 48.8 Å². The highest BCUT2D eigenvalue weighted by molar-refractivity contribution is 5.86. The maximum atomic E-state index is 13.7. The highest BCUT2D eigenvalue weighted by atomic mass is 19.1. The fraction of sp³-hybridized carbons (Fsp3) is 0.0556. The van der Waals surface area contributed by atoms with Gasteiger partial charge in [0.15, 0.2) is 0 Å². The highest BCUT2D eigenvalue weighted by Gasteiger charge is 2.08. The molecule has 0 aliphatic carbocycles. The number of nitrogens with one attached hydrogen (secondary N) is 3. The van der Waals surface area contributed by atoms with Gasteiger partial charge in [-0.3, -0.25) is 0 Å². The summed E-state index contributed by atoms with van der Waals surface area (Å²) in [7, 11) is 0. The molecule has 0 atom stereocenters. The predicted octanol–water partition coefficient (Wildman–Crippen LogP) is 4.25. The van der Waals surface area contributed by atoms with E-state index < -0.39 is 17.5 Å². The summed E-state index contributed by atoms with van der Waals surface area (Å²) in [4.78, 5) is 8.02. The van der Waals surface area contributed by atoms with Crippen molar-refractivity contribution in [2.45, 2.75) is 6.54 Å². The molecular weight excluding hydrogens is 343 g/mol. The summed E-state index contributed by atoms with van der Waals surface area (Å²) in [5.74, 6) is -0.726. The van der Waals surface area contributed by atoms with Crippen LogP contribution in [0.3, 0.4) is 0 Å². The molecule has 0 fully saturated rings. The summed E-state index contributed by atoms with van der Waals surface area (Å²) in [6.07, 6.45) is 3.61. The number of anilines is 3. The molecule has 0 aliphatic heterocycles. The molecule has 132 valence electrons. The normalized spacial score (nSPS) is 10.4. The SMILES string of the molecule is N=Cc1cnc(Nc2ccc(F)cn2)cc1NCc1cc(F)ccc1F. The van der Waals surface area contributed by atoms with E-state index in [4.69, 9.17) is 5.41 Å². The van der Waals surface area contributed by atoms with Gasteiger partial charge in [0.05, 0.1) is 6.20 Å². The number of hydrogen-bond donors (Lipinski definition) is 3. The zero-order valence-corrected chi connectivity index (χ0v) is 13.4. The van der Waals surface area contributed by atoms with E-state index in [9.17, 15) is 13.2 Å². The summed E-state index contributed by atoms with van der Waals surface area (Å²) in [5.41, 5.74) is 1.13. The number of benzene rings is 1. The van der Waals surface area contributed by atoms with Gasteiger partial charge in [0.2, 0.25) is 0 Å². The Labute approximate surface area is 147 Å². The van der Waals surface area contributed by atoms with E-state index in [0.29, 0.717) is 22.9 Å². The van der Waals surface area contributed by atoms with Crippen molar-refractivity contribution in [3.05, 3.63) is 77.4 Å². The lowest BCUT2D eigenvalue weighted by molar-refractivity contribution is 0.587. The van der Waals surface area contributed by atoms with E-state index >= 15 is 0 Å². The molecule has 8 heteroatoms. The van der Waals surface area contributed by atoms with Crippen LogP contribution in [0, 0.1) is 22.9 Å². The van der Waals surface area contributed by atoms with Gasteiger partial charge in [0.1, 0.15) is 29.1 Å². The summed E-state index contributed by atoms with van der Waals surface area (Å²) < 4.78 is 39.9. The molecule has 3 aromatic rings. The average Bonchev–Trinajstić information content (AvgIpc) is 2.64. The topological polar surface area (TPSA) is 73.7 Å². The van der Waals surface area contributed by atoms with Crippen LogP contribution in [0.4, 0.5) is 30.5 Å². The quantitative estimate of drug-likeness (QED) is 0.577. The number of hydrogen-bond acceptors (Lipinski definition) is 5. The van der Waals surface area contributed by atoms with Crippen molar-refractivity contribution in [2.24, 2.45) is 0 Å². The fourth-order valence-corrected chi connectivity index (χ4v) is 2.25. The average molecular weight is 357 g/mol. The Morgan fingerprint density at radius 3 is 2.42 bits per heavy atom. The summed E-state index contributed by atoms with van der Waals surface area (Å²) in [6.45, 7) is 0.0304. The molecule has 26 heavy (non-hydrogen) atoms. The van der Waals surface area contributed by atoms with Gasteiger partial charge in [-0.2, -0.15) is 0 Å². The first-order chi connectivity index (χ1) is 12.5. The first-order valence-electron chi connectivity index (χ1n) is 7.62. The van der Waals surface area contributed by atoms with Gasteiger partial charge in [-0.05, 0) is 30.3 Å². The predicted molar refractivity (Wildman–Crippen MR) is 93.3 cm³/mol. The smallest absolute Gasteiger partial charge is 0.141 e. The minimum absolute atomic E-state index is 0.0304. The fourth-order valence-electron chi connectivity index (χ4n) is 2.25. The van der Waals surface area contributed by atoms with E-state index in [0.717, 1.165) is 30.6 Å². The van der Waals surface area contributed by atoms with Crippen LogP contribution >= 0.6 is 0 Å². The van der Waals surface area contributed by atoms with E-state index in [2.05, 4.69) is 20.6 Å². The molecule has 0 saturated heterocycles. The number of rotatable bonds is 6. The van der Waals surface area contributed by atoms with Gasteiger partial charge in [0.25, 0.3) is 0 Å². The zero-order chi connectivity index (χ0) is 18.5. The maximum Gasteiger partial charge on any atom is 0.141 e. The van der Waals surface area contributed by atoms with Crippen molar-refractivity contribution in [2.75, 3.05) is 10.6 Å². The molecule has 1 aromatic carbocycles. The minimum atomic E-state index is -0.532. The Morgan fingerprint density at radius 1 is 0.923 bits per heavy atom. The van der Waals surface area contributed by atoms with Crippen molar-refractivity contribution in [3.63, 3.8) is 0 Å². The highest BCUT2D eigenvalue weighted by Crippen LogP contribution is 2.21.